The van der Waals surface area contributed by atoms with Gasteiger partial charge in [-0.1, -0.05) is 36.4 Å². The Morgan fingerprint density at radius 2 is 1.81 bits per heavy atom. The first kappa shape index (κ1) is 17.0. The first-order chi connectivity index (χ1) is 13.1. The summed E-state index contributed by atoms with van der Waals surface area (Å²) in [5.74, 6) is 0.926. The number of aromatic nitrogens is 3. The standard InChI is InChI=1S/C20H18N4O3/c1-12-21-16-9-6-10-17(19(16)26-12)22-18(25)11-15(14-7-4-3-5-8-14)20-24-23-13(2)27-20/h3-10,15H,11H2,1-2H3,(H,22,25). The van der Waals surface area contributed by atoms with E-state index in [1.807, 2.05) is 42.5 Å². The summed E-state index contributed by atoms with van der Waals surface area (Å²) in [6.07, 6.45) is 0.162. The molecule has 0 spiro atoms. The molecule has 4 aromatic rings. The lowest BCUT2D eigenvalue weighted by Gasteiger charge is -2.13. The molecule has 4 rings (SSSR count). The molecule has 1 N–H and O–H groups in total. The van der Waals surface area contributed by atoms with E-state index < -0.39 is 0 Å². The number of carbonyl (C=O) groups excluding carboxylic acids is 1. The summed E-state index contributed by atoms with van der Waals surface area (Å²) in [7, 11) is 0. The molecular weight excluding hydrogens is 344 g/mol. The lowest BCUT2D eigenvalue weighted by Crippen LogP contribution is -2.17. The lowest BCUT2D eigenvalue weighted by molar-refractivity contribution is -0.116. The number of oxazole rings is 1. The number of carbonyl (C=O) groups is 1. The molecule has 0 radical (unpaired) electrons. The molecule has 0 fully saturated rings. The highest BCUT2D eigenvalue weighted by atomic mass is 16.4. The van der Waals surface area contributed by atoms with Crippen LogP contribution in [0.3, 0.4) is 0 Å². The molecule has 0 bridgehead atoms. The number of para-hydroxylation sites is 1. The minimum Gasteiger partial charge on any atom is -0.439 e. The molecular formula is C20H18N4O3. The van der Waals surface area contributed by atoms with E-state index in [2.05, 4.69) is 20.5 Å². The third-order valence-corrected chi connectivity index (χ3v) is 4.23. The number of amides is 1. The number of benzene rings is 2. The SMILES string of the molecule is Cc1nnc(C(CC(=O)Nc2cccc3nc(C)oc23)c2ccccc2)o1. The molecule has 136 valence electrons. The first-order valence-electron chi connectivity index (χ1n) is 8.61. The van der Waals surface area contributed by atoms with Crippen LogP contribution in [0.25, 0.3) is 11.1 Å². The van der Waals surface area contributed by atoms with Crippen LogP contribution in [0.2, 0.25) is 0 Å². The molecule has 2 aromatic heterocycles. The van der Waals surface area contributed by atoms with Crippen molar-refractivity contribution in [3.63, 3.8) is 0 Å². The molecule has 0 aliphatic rings. The van der Waals surface area contributed by atoms with Crippen LogP contribution >= 0.6 is 0 Å². The Balaban J connectivity index is 1.60. The monoisotopic (exact) mass is 362 g/mol. The number of hydrogen-bond acceptors (Lipinski definition) is 6. The highest BCUT2D eigenvalue weighted by Gasteiger charge is 2.24. The summed E-state index contributed by atoms with van der Waals surface area (Å²) < 4.78 is 11.2. The van der Waals surface area contributed by atoms with E-state index in [1.165, 1.54) is 0 Å². The Morgan fingerprint density at radius 3 is 2.56 bits per heavy atom. The summed E-state index contributed by atoms with van der Waals surface area (Å²) in [6, 6.07) is 15.1. The normalized spacial score (nSPS) is 12.2. The van der Waals surface area contributed by atoms with Gasteiger partial charge in [-0.25, -0.2) is 4.98 Å². The zero-order valence-electron chi connectivity index (χ0n) is 15.0. The third kappa shape index (κ3) is 3.57. The van der Waals surface area contributed by atoms with E-state index in [1.54, 1.807) is 19.9 Å². The van der Waals surface area contributed by atoms with Crippen molar-refractivity contribution < 1.29 is 13.6 Å². The number of hydrogen-bond donors (Lipinski definition) is 1. The molecule has 1 atom stereocenters. The van der Waals surface area contributed by atoms with E-state index in [-0.39, 0.29) is 18.2 Å². The Labute approximate surface area is 155 Å². The van der Waals surface area contributed by atoms with E-state index >= 15 is 0 Å². The molecule has 27 heavy (non-hydrogen) atoms. The molecule has 0 aliphatic carbocycles. The smallest absolute Gasteiger partial charge is 0.225 e. The van der Waals surface area contributed by atoms with Gasteiger partial charge in [0.15, 0.2) is 11.5 Å². The van der Waals surface area contributed by atoms with Crippen LogP contribution in [0.1, 0.15) is 35.6 Å². The fourth-order valence-corrected chi connectivity index (χ4v) is 3.03. The highest BCUT2D eigenvalue weighted by molar-refractivity contribution is 5.99. The van der Waals surface area contributed by atoms with Crippen molar-refractivity contribution in [2.24, 2.45) is 0 Å². The van der Waals surface area contributed by atoms with Crippen molar-refractivity contribution in [2.45, 2.75) is 26.2 Å². The zero-order chi connectivity index (χ0) is 18.8. The van der Waals surface area contributed by atoms with Gasteiger partial charge in [0.2, 0.25) is 17.7 Å². The van der Waals surface area contributed by atoms with Gasteiger partial charge in [0, 0.05) is 20.3 Å². The van der Waals surface area contributed by atoms with Gasteiger partial charge < -0.3 is 14.2 Å². The topological polar surface area (TPSA) is 94.1 Å². The van der Waals surface area contributed by atoms with Gasteiger partial charge in [-0.2, -0.15) is 0 Å². The van der Waals surface area contributed by atoms with E-state index in [4.69, 9.17) is 8.83 Å². The molecule has 0 aliphatic heterocycles. The molecule has 2 heterocycles. The Kier molecular flexibility index (Phi) is 4.42. The maximum atomic E-state index is 12.8. The summed E-state index contributed by atoms with van der Waals surface area (Å²) in [6.45, 7) is 3.50. The number of nitrogens with zero attached hydrogens (tertiary/aromatic N) is 3. The van der Waals surface area contributed by atoms with Gasteiger partial charge >= 0.3 is 0 Å². The van der Waals surface area contributed by atoms with E-state index in [0.29, 0.717) is 34.5 Å². The Bertz CT molecular complexity index is 1090. The average Bonchev–Trinajstić information content (AvgIpc) is 3.26. The zero-order valence-corrected chi connectivity index (χ0v) is 15.0. The van der Waals surface area contributed by atoms with Gasteiger partial charge in [0.1, 0.15) is 5.52 Å². The minimum absolute atomic E-state index is 0.162. The molecule has 1 unspecified atom stereocenters. The fraction of sp³-hybridized carbons (Fsp3) is 0.200. The largest absolute Gasteiger partial charge is 0.439 e. The maximum absolute atomic E-state index is 12.8. The predicted octanol–water partition coefficient (Wildman–Crippen LogP) is 3.99. The van der Waals surface area contributed by atoms with Crippen LogP contribution in [0.15, 0.2) is 57.4 Å². The highest BCUT2D eigenvalue weighted by Crippen LogP contribution is 2.29. The van der Waals surface area contributed by atoms with Gasteiger partial charge in [0.05, 0.1) is 11.6 Å². The summed E-state index contributed by atoms with van der Waals surface area (Å²) in [5, 5.41) is 10.9. The molecule has 0 saturated carbocycles. The van der Waals surface area contributed by atoms with Crippen molar-refractivity contribution in [3.05, 3.63) is 71.8 Å². The van der Waals surface area contributed by atoms with E-state index in [9.17, 15) is 4.79 Å². The van der Waals surface area contributed by atoms with Gasteiger partial charge in [-0.3, -0.25) is 4.79 Å². The summed E-state index contributed by atoms with van der Waals surface area (Å²) >= 11 is 0. The average molecular weight is 362 g/mol. The van der Waals surface area contributed by atoms with Crippen LogP contribution in [-0.2, 0) is 4.79 Å². The fourth-order valence-electron chi connectivity index (χ4n) is 3.03. The van der Waals surface area contributed by atoms with Crippen molar-refractivity contribution in [2.75, 3.05) is 5.32 Å². The van der Waals surface area contributed by atoms with Crippen LogP contribution in [0.4, 0.5) is 5.69 Å². The second kappa shape index (κ2) is 7.03. The van der Waals surface area contributed by atoms with Crippen LogP contribution in [-0.4, -0.2) is 21.1 Å². The quantitative estimate of drug-likeness (QED) is 0.577. The van der Waals surface area contributed by atoms with Crippen molar-refractivity contribution in [3.8, 4) is 0 Å². The molecule has 2 aromatic carbocycles. The van der Waals surface area contributed by atoms with Crippen molar-refractivity contribution in [1.82, 2.24) is 15.2 Å². The minimum atomic E-state index is -0.330. The second-order valence-corrected chi connectivity index (χ2v) is 6.26. The number of rotatable bonds is 5. The molecule has 0 saturated heterocycles. The Morgan fingerprint density at radius 1 is 1.00 bits per heavy atom. The molecule has 7 heteroatoms. The summed E-state index contributed by atoms with van der Waals surface area (Å²) in [5.41, 5.74) is 2.79. The van der Waals surface area contributed by atoms with Gasteiger partial charge in [0.25, 0.3) is 0 Å². The summed E-state index contributed by atoms with van der Waals surface area (Å²) in [4.78, 5) is 17.1. The van der Waals surface area contributed by atoms with Gasteiger partial charge in [-0.05, 0) is 17.7 Å². The third-order valence-electron chi connectivity index (χ3n) is 4.23. The van der Waals surface area contributed by atoms with Crippen LogP contribution in [0.5, 0.6) is 0 Å². The first-order valence-corrected chi connectivity index (χ1v) is 8.61. The maximum Gasteiger partial charge on any atom is 0.225 e. The number of fused-ring (bicyclic) bond motifs is 1. The number of nitrogens with one attached hydrogen (secondary N) is 1. The van der Waals surface area contributed by atoms with Crippen molar-refractivity contribution in [1.29, 1.82) is 0 Å². The van der Waals surface area contributed by atoms with Crippen LogP contribution < -0.4 is 5.32 Å². The van der Waals surface area contributed by atoms with Gasteiger partial charge in [-0.15, -0.1) is 10.2 Å². The number of aryl methyl sites for hydroxylation is 2. The van der Waals surface area contributed by atoms with Crippen molar-refractivity contribution >= 4 is 22.7 Å². The van der Waals surface area contributed by atoms with E-state index in [0.717, 1.165) is 5.56 Å². The van der Waals surface area contributed by atoms with Crippen LogP contribution in [0, 0.1) is 13.8 Å². The number of anilines is 1. The lowest BCUT2D eigenvalue weighted by atomic mass is 9.95. The molecule has 7 nitrogen and oxygen atoms in total. The molecule has 1 amide bonds. The second-order valence-electron chi connectivity index (χ2n) is 6.26. The predicted molar refractivity (Wildman–Crippen MR) is 99.3 cm³/mol. The Hall–Kier alpha value is -3.48.